The van der Waals surface area contributed by atoms with E-state index in [9.17, 15) is 0 Å². The van der Waals surface area contributed by atoms with E-state index in [2.05, 4.69) is 178 Å². The van der Waals surface area contributed by atoms with Gasteiger partial charge in [-0.25, -0.2) is 0 Å². The topological polar surface area (TPSA) is 48.3 Å². The minimum atomic E-state index is 0. The molecule has 0 saturated carbocycles. The third-order valence-electron chi connectivity index (χ3n) is 12.5. The average molecular weight is 981 g/mol. The molecule has 0 aliphatic carbocycles. The van der Waals surface area contributed by atoms with Gasteiger partial charge in [0.25, 0.3) is 0 Å². The minimum absolute atomic E-state index is 0. The number of furan rings is 1. The van der Waals surface area contributed by atoms with Gasteiger partial charge in [-0.3, -0.25) is 4.98 Å². The molecule has 5 nitrogen and oxygen atoms in total. The molecule has 0 fully saturated rings. The van der Waals surface area contributed by atoms with E-state index >= 15 is 0 Å². The molecule has 62 heavy (non-hydrogen) atoms. The van der Waals surface area contributed by atoms with Crippen molar-refractivity contribution in [2.75, 3.05) is 0 Å². The number of imidazole rings is 1. The van der Waals surface area contributed by atoms with E-state index in [1.807, 2.05) is 30.5 Å². The number of para-hydroxylation sites is 5. The molecule has 5 heterocycles. The summed E-state index contributed by atoms with van der Waals surface area (Å²) in [7, 11) is 0. The summed E-state index contributed by atoms with van der Waals surface area (Å²) in [6, 6.07) is 55.8. The number of aromatic nitrogens is 4. The van der Waals surface area contributed by atoms with E-state index in [-0.39, 0.29) is 20.1 Å². The molecule has 1 radical (unpaired) electrons. The van der Waals surface area contributed by atoms with Gasteiger partial charge in [-0.1, -0.05) is 117 Å². The fourth-order valence-electron chi connectivity index (χ4n) is 9.42. The van der Waals surface area contributed by atoms with Crippen LogP contribution >= 0.6 is 0 Å². The summed E-state index contributed by atoms with van der Waals surface area (Å²) in [6.07, 6.45) is 1.93. The van der Waals surface area contributed by atoms with Gasteiger partial charge in [0.2, 0.25) is 0 Å². The van der Waals surface area contributed by atoms with Crippen molar-refractivity contribution in [3.05, 3.63) is 180 Å². The number of nitrogens with zero attached hydrogens (tertiary/aromatic N) is 4. The molecule has 7 aromatic carbocycles. The largest absolute Gasteiger partial charge is 0.501 e. The van der Waals surface area contributed by atoms with Crippen LogP contribution in [0.3, 0.4) is 0 Å². The molecule has 0 atom stereocenters. The zero-order valence-electron chi connectivity index (χ0n) is 35.5. The molecule has 0 aliphatic heterocycles. The van der Waals surface area contributed by atoms with E-state index in [1.54, 1.807) is 0 Å². The van der Waals surface area contributed by atoms with Gasteiger partial charge in [0.1, 0.15) is 5.58 Å². The van der Waals surface area contributed by atoms with Crippen molar-refractivity contribution in [1.82, 2.24) is 18.9 Å². The first-order valence-corrected chi connectivity index (χ1v) is 21.2. The van der Waals surface area contributed by atoms with Gasteiger partial charge >= 0.3 is 0 Å². The molecule has 0 bridgehead atoms. The van der Waals surface area contributed by atoms with E-state index < -0.39 is 0 Å². The van der Waals surface area contributed by atoms with Crippen LogP contribution in [-0.4, -0.2) is 18.9 Å². The number of pyridine rings is 1. The van der Waals surface area contributed by atoms with Gasteiger partial charge in [-0.05, 0) is 78.4 Å². The normalized spacial score (nSPS) is 11.9. The summed E-state index contributed by atoms with van der Waals surface area (Å²) < 4.78 is 11.3. The molecule has 12 aromatic rings. The van der Waals surface area contributed by atoms with E-state index in [1.165, 1.54) is 66.0 Å². The number of benzene rings is 7. The Morgan fingerprint density at radius 3 is 2.02 bits per heavy atom. The molecule has 12 rings (SSSR count). The van der Waals surface area contributed by atoms with E-state index in [0.717, 1.165) is 55.6 Å². The first-order chi connectivity index (χ1) is 29.8. The Labute approximate surface area is 374 Å². The Morgan fingerprint density at radius 2 is 1.27 bits per heavy atom. The molecular weight excluding hydrogens is 937 g/mol. The van der Waals surface area contributed by atoms with Crippen molar-refractivity contribution in [3.63, 3.8) is 0 Å². The molecule has 305 valence electrons. The molecule has 6 heteroatoms. The van der Waals surface area contributed by atoms with Crippen molar-refractivity contribution in [3.8, 4) is 28.3 Å². The third-order valence-corrected chi connectivity index (χ3v) is 12.5. The average Bonchev–Trinajstić information content (AvgIpc) is 4.05. The second-order valence-electron chi connectivity index (χ2n) is 16.9. The Balaban J connectivity index is 0.000000150. The molecular formula is C56H44IrN4O-2. The van der Waals surface area contributed by atoms with Crippen LogP contribution in [0.1, 0.15) is 61.8 Å². The van der Waals surface area contributed by atoms with Crippen LogP contribution in [-0.2, 0) is 20.1 Å². The van der Waals surface area contributed by atoms with Crippen LogP contribution in [0.25, 0.3) is 99.4 Å². The first kappa shape index (κ1) is 39.5. The smallest absolute Gasteiger partial charge is 0.123 e. The van der Waals surface area contributed by atoms with Crippen LogP contribution in [0.5, 0.6) is 0 Å². The summed E-state index contributed by atoms with van der Waals surface area (Å²) >= 11 is 0. The predicted octanol–water partition coefficient (Wildman–Crippen LogP) is 15.0. The molecule has 0 unspecified atom stereocenters. The molecule has 0 amide bonds. The minimum Gasteiger partial charge on any atom is -0.501 e. The van der Waals surface area contributed by atoms with Crippen molar-refractivity contribution in [2.45, 2.75) is 53.4 Å². The van der Waals surface area contributed by atoms with Crippen LogP contribution in [0, 0.1) is 26.0 Å². The molecule has 0 aliphatic rings. The van der Waals surface area contributed by atoms with Crippen molar-refractivity contribution in [1.29, 1.82) is 0 Å². The Hall–Kier alpha value is -6.59. The molecule has 5 aromatic heterocycles. The number of aryl methyl sites for hydroxylation is 2. The van der Waals surface area contributed by atoms with Crippen LogP contribution in [0.2, 0.25) is 0 Å². The summed E-state index contributed by atoms with van der Waals surface area (Å²) in [5.41, 5.74) is 16.7. The van der Waals surface area contributed by atoms with E-state index in [4.69, 9.17) is 14.4 Å². The number of fused-ring (bicyclic) bond motifs is 11. The summed E-state index contributed by atoms with van der Waals surface area (Å²) in [6.45, 7) is 13.2. The maximum absolute atomic E-state index is 6.53. The van der Waals surface area contributed by atoms with Gasteiger partial charge in [0, 0.05) is 58.9 Å². The monoisotopic (exact) mass is 981 g/mol. The molecule has 0 spiro atoms. The standard InChI is InChI=1S/C31H19N2O.C25H25N2.Ir/c1-17-15-25(32-16-18(17)2)23-10-6-11-24-28-27(34-31(23)24)14-13-22-21-9-5-8-20-19-7-3-4-12-26(19)33(29(20)21)30(22)28;1-17(2)20-13-10-14-21(18(3)4)24(20)27-23-16-9-8-15-22(23)26-25(27)19-11-6-5-7-12-19;/h3-9,11-16H,1-2H3;5-11,13-18H,1-4H3;/q2*-1;. The maximum Gasteiger partial charge on any atom is 0.123 e. The zero-order valence-corrected chi connectivity index (χ0v) is 37.9. The summed E-state index contributed by atoms with van der Waals surface area (Å²) in [5.74, 6) is 1.80. The van der Waals surface area contributed by atoms with Crippen LogP contribution < -0.4 is 0 Å². The number of hydrogen-bond donors (Lipinski definition) is 0. The van der Waals surface area contributed by atoms with E-state index in [0.29, 0.717) is 11.8 Å². The van der Waals surface area contributed by atoms with Crippen LogP contribution in [0.4, 0.5) is 0 Å². The van der Waals surface area contributed by atoms with Crippen LogP contribution in [0.15, 0.2) is 150 Å². The van der Waals surface area contributed by atoms with Crippen molar-refractivity contribution >= 4 is 71.1 Å². The van der Waals surface area contributed by atoms with Gasteiger partial charge < -0.3 is 18.4 Å². The van der Waals surface area contributed by atoms with Gasteiger partial charge in [-0.15, -0.1) is 54.1 Å². The quantitative estimate of drug-likeness (QED) is 0.161. The van der Waals surface area contributed by atoms with Gasteiger partial charge in [0.15, 0.2) is 0 Å². The fraction of sp³-hybridized carbons (Fsp3) is 0.143. The van der Waals surface area contributed by atoms with Crippen molar-refractivity contribution in [2.24, 2.45) is 0 Å². The maximum atomic E-state index is 6.53. The fourth-order valence-corrected chi connectivity index (χ4v) is 9.42. The zero-order chi connectivity index (χ0) is 41.5. The summed E-state index contributed by atoms with van der Waals surface area (Å²) in [4.78, 5) is 9.69. The Morgan fingerprint density at radius 1 is 0.597 bits per heavy atom. The first-order valence-electron chi connectivity index (χ1n) is 21.2. The predicted molar refractivity (Wildman–Crippen MR) is 253 cm³/mol. The Bertz CT molecular complexity index is 3600. The number of rotatable bonds is 5. The Kier molecular flexibility index (Phi) is 9.82. The molecule has 0 saturated heterocycles. The third kappa shape index (κ3) is 6.07. The SMILES string of the molecule is CC(C)c1cccc(C(C)C)c1-n1c(-c2[c-]cccc2)nc2ccccc21.Cc1cnc(-c2[c-]ccc3c2oc2ccc4c5cccc6c7ccccc7n(c65)c4c23)cc1C.[Ir]. The number of hydrogen-bond acceptors (Lipinski definition) is 3. The second kappa shape index (κ2) is 15.4. The van der Waals surface area contributed by atoms with Crippen molar-refractivity contribution < 1.29 is 24.5 Å². The molecule has 0 N–H and O–H groups in total. The second-order valence-corrected chi connectivity index (χ2v) is 16.9. The van der Waals surface area contributed by atoms with Gasteiger partial charge in [-0.2, -0.15) is 0 Å². The van der Waals surface area contributed by atoms with Gasteiger partial charge in [0.05, 0.1) is 39.0 Å². The summed E-state index contributed by atoms with van der Waals surface area (Å²) in [5, 5.41) is 7.34.